The Balaban J connectivity index is 0.000000196. The summed E-state index contributed by atoms with van der Waals surface area (Å²) < 4.78 is 5.44. The fourth-order valence-electron chi connectivity index (χ4n) is 3.24. The highest BCUT2D eigenvalue weighted by Gasteiger charge is 2.14. The molecule has 0 bridgehead atoms. The maximum atomic E-state index is 8.32. The van der Waals surface area contributed by atoms with Gasteiger partial charge in [0.2, 0.25) is 0 Å². The van der Waals surface area contributed by atoms with Crippen LogP contribution < -0.4 is 20.7 Å². The molecular formula is C29H27ClNOP. The summed E-state index contributed by atoms with van der Waals surface area (Å²) in [5, 5.41) is 12.5. The highest BCUT2D eigenvalue weighted by molar-refractivity contribution is 7.79. The van der Waals surface area contributed by atoms with Crippen LogP contribution in [0.4, 0.5) is 0 Å². The van der Waals surface area contributed by atoms with Crippen molar-refractivity contribution in [2.24, 2.45) is 0 Å². The van der Waals surface area contributed by atoms with Crippen LogP contribution in [0.2, 0.25) is 0 Å². The summed E-state index contributed by atoms with van der Waals surface area (Å²) in [4.78, 5) is 0. The van der Waals surface area contributed by atoms with Gasteiger partial charge in [-0.2, -0.15) is 5.26 Å². The van der Waals surface area contributed by atoms with Crippen LogP contribution in [0.25, 0.3) is 0 Å². The molecule has 4 heteroatoms. The zero-order valence-corrected chi connectivity index (χ0v) is 20.1. The molecule has 0 aromatic heterocycles. The van der Waals surface area contributed by atoms with E-state index in [4.69, 9.17) is 21.6 Å². The van der Waals surface area contributed by atoms with Gasteiger partial charge in [0.1, 0.15) is 5.75 Å². The first-order valence-corrected chi connectivity index (χ1v) is 12.8. The third kappa shape index (κ3) is 8.07. The van der Waals surface area contributed by atoms with Crippen molar-refractivity contribution in [3.8, 4) is 11.8 Å². The Morgan fingerprint density at radius 1 is 0.697 bits per heavy atom. The van der Waals surface area contributed by atoms with E-state index in [1.54, 1.807) is 0 Å². The van der Waals surface area contributed by atoms with E-state index in [0.717, 1.165) is 17.7 Å². The van der Waals surface area contributed by atoms with Gasteiger partial charge in [0.25, 0.3) is 0 Å². The number of nitriles is 1. The number of unbranched alkanes of at least 4 members (excludes halogenated alkanes) is 1. The maximum Gasteiger partial charge on any atom is 0.119 e. The van der Waals surface area contributed by atoms with Crippen LogP contribution in [0.3, 0.4) is 0 Å². The monoisotopic (exact) mass is 471 g/mol. The van der Waals surface area contributed by atoms with Gasteiger partial charge in [-0.3, -0.25) is 0 Å². The molecule has 0 radical (unpaired) electrons. The molecule has 166 valence electrons. The van der Waals surface area contributed by atoms with Gasteiger partial charge >= 0.3 is 0 Å². The van der Waals surface area contributed by atoms with Gasteiger partial charge < -0.3 is 4.74 Å². The molecule has 0 amide bonds. The van der Waals surface area contributed by atoms with Crippen LogP contribution in [-0.4, -0.2) is 6.61 Å². The first-order chi connectivity index (χ1) is 16.3. The molecule has 0 saturated heterocycles. The van der Waals surface area contributed by atoms with Crippen LogP contribution in [0.5, 0.6) is 5.75 Å². The molecule has 0 heterocycles. The van der Waals surface area contributed by atoms with Crippen molar-refractivity contribution >= 4 is 35.4 Å². The minimum atomic E-state index is -0.446. The number of rotatable bonds is 8. The molecule has 4 aromatic carbocycles. The fraction of sp³-hybridized carbons (Fsp3) is 0.138. The van der Waals surface area contributed by atoms with Gasteiger partial charge in [0, 0.05) is 12.3 Å². The Labute approximate surface area is 203 Å². The first kappa shape index (κ1) is 24.5. The molecular weight excluding hydrogens is 445 g/mol. The van der Waals surface area contributed by atoms with Crippen molar-refractivity contribution in [2.45, 2.75) is 18.7 Å². The Morgan fingerprint density at radius 3 is 1.67 bits per heavy atom. The lowest BCUT2D eigenvalue weighted by atomic mass is 10.2. The third-order valence-corrected chi connectivity index (χ3v) is 7.55. The molecule has 0 aliphatic carbocycles. The third-order valence-electron chi connectivity index (χ3n) is 4.80. The molecule has 0 aliphatic heterocycles. The molecule has 0 fully saturated rings. The van der Waals surface area contributed by atoms with Crippen LogP contribution in [0, 0.1) is 11.3 Å². The second-order valence-corrected chi connectivity index (χ2v) is 9.72. The average Bonchev–Trinajstić information content (AvgIpc) is 2.89. The van der Waals surface area contributed by atoms with Crippen molar-refractivity contribution in [1.29, 1.82) is 5.26 Å². The average molecular weight is 472 g/mol. The minimum Gasteiger partial charge on any atom is -0.494 e. The van der Waals surface area contributed by atoms with E-state index in [0.29, 0.717) is 18.9 Å². The van der Waals surface area contributed by atoms with Crippen LogP contribution in [0.1, 0.15) is 18.4 Å². The number of nitrogens with zero attached hydrogens (tertiary/aromatic N) is 1. The van der Waals surface area contributed by atoms with Crippen LogP contribution in [0.15, 0.2) is 115 Å². The Kier molecular flexibility index (Phi) is 10.5. The van der Waals surface area contributed by atoms with Gasteiger partial charge in [0.05, 0.1) is 12.7 Å². The highest BCUT2D eigenvalue weighted by atomic mass is 35.5. The molecule has 4 rings (SSSR count). The molecule has 0 saturated carbocycles. The van der Waals surface area contributed by atoms with Gasteiger partial charge in [-0.05, 0) is 48.0 Å². The van der Waals surface area contributed by atoms with E-state index < -0.39 is 7.92 Å². The predicted octanol–water partition coefficient (Wildman–Crippen LogP) is 6.55. The summed E-state index contributed by atoms with van der Waals surface area (Å²) in [6, 6.07) is 42.1. The second-order valence-electron chi connectivity index (χ2n) is 7.23. The lowest BCUT2D eigenvalue weighted by molar-refractivity contribution is 0.312. The summed E-state index contributed by atoms with van der Waals surface area (Å²) in [5.74, 6) is 1.32. The Morgan fingerprint density at radius 2 is 1.21 bits per heavy atom. The molecule has 2 nitrogen and oxygen atoms in total. The topological polar surface area (TPSA) is 33.0 Å². The molecule has 33 heavy (non-hydrogen) atoms. The van der Waals surface area contributed by atoms with Crippen LogP contribution >= 0.6 is 19.5 Å². The highest BCUT2D eigenvalue weighted by Crippen LogP contribution is 2.32. The van der Waals surface area contributed by atoms with Crippen molar-refractivity contribution in [3.63, 3.8) is 0 Å². The van der Waals surface area contributed by atoms with Gasteiger partial charge in [-0.1, -0.05) is 103 Å². The molecule has 0 spiro atoms. The van der Waals surface area contributed by atoms with Crippen molar-refractivity contribution < 1.29 is 4.74 Å². The van der Waals surface area contributed by atoms with E-state index in [1.165, 1.54) is 15.9 Å². The lowest BCUT2D eigenvalue weighted by Gasteiger charge is -2.18. The fourth-order valence-corrected chi connectivity index (χ4v) is 5.71. The molecule has 0 N–H and O–H groups in total. The Hall–Kier alpha value is -3.11. The van der Waals surface area contributed by atoms with Gasteiger partial charge in [-0.25, -0.2) is 0 Å². The van der Waals surface area contributed by atoms with Gasteiger partial charge in [0.15, 0.2) is 0 Å². The van der Waals surface area contributed by atoms with E-state index >= 15 is 0 Å². The van der Waals surface area contributed by atoms with Crippen molar-refractivity contribution in [1.82, 2.24) is 0 Å². The SMILES string of the molecule is N#CCCCOc1cccc(CCl)c1.c1ccc(P(c2ccccc2)c2ccccc2)cc1. The summed E-state index contributed by atoms with van der Waals surface area (Å²) in [7, 11) is -0.446. The largest absolute Gasteiger partial charge is 0.494 e. The smallest absolute Gasteiger partial charge is 0.119 e. The van der Waals surface area contributed by atoms with E-state index in [-0.39, 0.29) is 0 Å². The second kappa shape index (κ2) is 14.1. The summed E-state index contributed by atoms with van der Waals surface area (Å²) in [6.45, 7) is 0.583. The van der Waals surface area contributed by atoms with Crippen LogP contribution in [-0.2, 0) is 5.88 Å². The molecule has 0 atom stereocenters. The Bertz CT molecular complexity index is 1020. The van der Waals surface area contributed by atoms with Crippen molar-refractivity contribution in [3.05, 3.63) is 121 Å². The number of hydrogen-bond acceptors (Lipinski definition) is 2. The maximum absolute atomic E-state index is 8.32. The number of benzene rings is 4. The van der Waals surface area contributed by atoms with Gasteiger partial charge in [-0.15, -0.1) is 11.6 Å². The van der Waals surface area contributed by atoms with Crippen molar-refractivity contribution in [2.75, 3.05) is 6.61 Å². The molecule has 0 unspecified atom stereocenters. The normalized spacial score (nSPS) is 10.1. The molecule has 0 aliphatic rings. The first-order valence-electron chi connectivity index (χ1n) is 10.9. The van der Waals surface area contributed by atoms with E-state index in [9.17, 15) is 0 Å². The number of ether oxygens (including phenoxy) is 1. The standard InChI is InChI=1S/C18H15P.C11H12ClNO/c1-4-10-16(11-5-1)19(17-12-6-2-7-13-17)18-14-8-3-9-15-18;12-9-10-4-3-5-11(8-10)14-7-2-1-6-13/h1-15H;3-5,8H,1-2,7,9H2. The number of halogens is 1. The quantitative estimate of drug-likeness (QED) is 0.166. The number of alkyl halides is 1. The lowest BCUT2D eigenvalue weighted by Crippen LogP contribution is -2.20. The zero-order valence-electron chi connectivity index (χ0n) is 18.5. The number of hydrogen-bond donors (Lipinski definition) is 0. The summed E-state index contributed by atoms with van der Waals surface area (Å²) in [5.41, 5.74) is 1.05. The zero-order chi connectivity index (χ0) is 23.1. The van der Waals surface area contributed by atoms with E-state index in [1.807, 2.05) is 24.3 Å². The predicted molar refractivity (Wildman–Crippen MR) is 141 cm³/mol. The van der Waals surface area contributed by atoms with E-state index in [2.05, 4.69) is 97.1 Å². The summed E-state index contributed by atoms with van der Waals surface area (Å²) >= 11 is 5.68. The summed E-state index contributed by atoms with van der Waals surface area (Å²) in [6.07, 6.45) is 1.30. The molecule has 4 aromatic rings. The minimum absolute atomic E-state index is 0.446.